The first-order chi connectivity index (χ1) is 9.44. The van der Waals surface area contributed by atoms with Gasteiger partial charge in [0.15, 0.2) is 0 Å². The summed E-state index contributed by atoms with van der Waals surface area (Å²) in [5.41, 5.74) is -0.586. The molecule has 20 heavy (non-hydrogen) atoms. The first-order valence-corrected chi connectivity index (χ1v) is 7.66. The number of ether oxygens (including phenoxy) is 2. The SMILES string of the molecule is COC(=O)C(C)(CC(C)N1CCOC(C)C1)NC1CC1. The predicted octanol–water partition coefficient (Wildman–Crippen LogP) is 1.17. The fraction of sp³-hybridized carbons (Fsp3) is 0.933. The van der Waals surface area contributed by atoms with Crippen LogP contribution in [0.4, 0.5) is 0 Å². The molecule has 0 spiro atoms. The lowest BCUT2D eigenvalue weighted by Gasteiger charge is -2.39. The Hall–Kier alpha value is -0.650. The zero-order valence-corrected chi connectivity index (χ0v) is 13.1. The highest BCUT2D eigenvalue weighted by Gasteiger charge is 2.41. The van der Waals surface area contributed by atoms with Gasteiger partial charge in [-0.25, -0.2) is 0 Å². The third-order valence-electron chi connectivity index (χ3n) is 4.34. The first-order valence-electron chi connectivity index (χ1n) is 7.66. The molecule has 1 heterocycles. The van der Waals surface area contributed by atoms with Crippen LogP contribution in [-0.2, 0) is 14.3 Å². The van der Waals surface area contributed by atoms with Crippen molar-refractivity contribution in [3.8, 4) is 0 Å². The molecule has 3 atom stereocenters. The summed E-state index contributed by atoms with van der Waals surface area (Å²) in [6, 6.07) is 0.812. The quantitative estimate of drug-likeness (QED) is 0.742. The number of morpholine rings is 1. The Kier molecular flexibility index (Phi) is 5.04. The number of nitrogens with one attached hydrogen (secondary N) is 1. The van der Waals surface area contributed by atoms with Crippen molar-refractivity contribution in [1.29, 1.82) is 0 Å². The summed E-state index contributed by atoms with van der Waals surface area (Å²) in [7, 11) is 1.47. The van der Waals surface area contributed by atoms with Crippen LogP contribution in [0.5, 0.6) is 0 Å². The van der Waals surface area contributed by atoms with Gasteiger partial charge < -0.3 is 9.47 Å². The first kappa shape index (κ1) is 15.7. The van der Waals surface area contributed by atoms with Gasteiger partial charge in [-0.2, -0.15) is 0 Å². The lowest BCUT2D eigenvalue weighted by Crippen LogP contribution is -2.56. The van der Waals surface area contributed by atoms with Crippen LogP contribution in [0.15, 0.2) is 0 Å². The number of hydrogen-bond acceptors (Lipinski definition) is 5. The van der Waals surface area contributed by atoms with Crippen molar-refractivity contribution in [1.82, 2.24) is 10.2 Å². The summed E-state index contributed by atoms with van der Waals surface area (Å²) >= 11 is 0. The zero-order valence-electron chi connectivity index (χ0n) is 13.1. The number of carbonyl (C=O) groups excluding carboxylic acids is 1. The molecule has 0 amide bonds. The van der Waals surface area contributed by atoms with Gasteiger partial charge in [0, 0.05) is 25.2 Å². The maximum absolute atomic E-state index is 12.2. The van der Waals surface area contributed by atoms with Crippen LogP contribution in [0.1, 0.15) is 40.0 Å². The van der Waals surface area contributed by atoms with Gasteiger partial charge in [0.25, 0.3) is 0 Å². The molecule has 1 N–H and O–H groups in total. The molecular formula is C15H28N2O3. The van der Waals surface area contributed by atoms with Crippen molar-refractivity contribution in [3.63, 3.8) is 0 Å². The molecule has 0 bridgehead atoms. The van der Waals surface area contributed by atoms with Crippen molar-refractivity contribution in [2.24, 2.45) is 0 Å². The molecule has 0 radical (unpaired) electrons. The van der Waals surface area contributed by atoms with Crippen molar-refractivity contribution in [2.45, 2.75) is 63.8 Å². The monoisotopic (exact) mass is 284 g/mol. The minimum atomic E-state index is -0.586. The van der Waals surface area contributed by atoms with Gasteiger partial charge >= 0.3 is 5.97 Å². The third kappa shape index (κ3) is 3.93. The van der Waals surface area contributed by atoms with Crippen molar-refractivity contribution in [2.75, 3.05) is 26.8 Å². The summed E-state index contributed by atoms with van der Waals surface area (Å²) in [6.45, 7) is 8.90. The van der Waals surface area contributed by atoms with E-state index in [9.17, 15) is 4.79 Å². The summed E-state index contributed by atoms with van der Waals surface area (Å²) < 4.78 is 10.6. The molecular weight excluding hydrogens is 256 g/mol. The number of methoxy groups -OCH3 is 1. The molecule has 1 saturated carbocycles. The Labute approximate surface area is 122 Å². The number of carbonyl (C=O) groups is 1. The Balaban J connectivity index is 1.96. The maximum atomic E-state index is 12.2. The molecule has 0 aromatic carbocycles. The molecule has 1 saturated heterocycles. The minimum absolute atomic E-state index is 0.155. The van der Waals surface area contributed by atoms with Gasteiger partial charge in [-0.15, -0.1) is 0 Å². The average Bonchev–Trinajstić information content (AvgIpc) is 3.21. The molecule has 5 nitrogen and oxygen atoms in total. The Bertz CT molecular complexity index is 346. The van der Waals surface area contributed by atoms with E-state index in [0.717, 1.165) is 39.0 Å². The van der Waals surface area contributed by atoms with Gasteiger partial charge in [-0.05, 0) is 40.0 Å². The minimum Gasteiger partial charge on any atom is -0.468 e. The van der Waals surface area contributed by atoms with E-state index in [1.165, 1.54) is 7.11 Å². The topological polar surface area (TPSA) is 50.8 Å². The number of hydrogen-bond donors (Lipinski definition) is 1. The summed E-state index contributed by atoms with van der Waals surface area (Å²) in [4.78, 5) is 14.6. The molecule has 2 aliphatic rings. The second-order valence-corrected chi connectivity index (χ2v) is 6.47. The van der Waals surface area contributed by atoms with Crippen LogP contribution < -0.4 is 5.32 Å². The van der Waals surface area contributed by atoms with E-state index >= 15 is 0 Å². The smallest absolute Gasteiger partial charge is 0.325 e. The average molecular weight is 284 g/mol. The predicted molar refractivity (Wildman–Crippen MR) is 77.6 cm³/mol. The Morgan fingerprint density at radius 3 is 2.80 bits per heavy atom. The van der Waals surface area contributed by atoms with E-state index < -0.39 is 5.54 Å². The van der Waals surface area contributed by atoms with E-state index in [2.05, 4.69) is 24.1 Å². The van der Waals surface area contributed by atoms with E-state index in [-0.39, 0.29) is 12.1 Å². The Morgan fingerprint density at radius 2 is 2.25 bits per heavy atom. The van der Waals surface area contributed by atoms with Crippen LogP contribution >= 0.6 is 0 Å². The molecule has 116 valence electrons. The van der Waals surface area contributed by atoms with Crippen LogP contribution in [-0.4, -0.2) is 61.4 Å². The second kappa shape index (κ2) is 6.41. The largest absolute Gasteiger partial charge is 0.468 e. The van der Waals surface area contributed by atoms with Crippen LogP contribution in [0, 0.1) is 0 Å². The zero-order chi connectivity index (χ0) is 14.8. The van der Waals surface area contributed by atoms with Crippen molar-refractivity contribution < 1.29 is 14.3 Å². The lowest BCUT2D eigenvalue weighted by atomic mass is 9.92. The molecule has 1 aliphatic carbocycles. The molecule has 2 rings (SSSR count). The third-order valence-corrected chi connectivity index (χ3v) is 4.34. The van der Waals surface area contributed by atoms with Crippen LogP contribution in [0.3, 0.4) is 0 Å². The number of nitrogens with zero attached hydrogens (tertiary/aromatic N) is 1. The fourth-order valence-corrected chi connectivity index (χ4v) is 3.07. The standard InChI is InChI=1S/C15H28N2O3/c1-11(17-7-8-20-12(2)10-17)9-15(3,14(18)19-4)16-13-5-6-13/h11-13,16H,5-10H2,1-4H3. The van der Waals surface area contributed by atoms with Crippen LogP contribution in [0.25, 0.3) is 0 Å². The fourth-order valence-electron chi connectivity index (χ4n) is 3.07. The van der Waals surface area contributed by atoms with Gasteiger partial charge in [-0.1, -0.05) is 0 Å². The number of esters is 1. The second-order valence-electron chi connectivity index (χ2n) is 6.47. The van der Waals surface area contributed by atoms with Gasteiger partial charge in [-0.3, -0.25) is 15.0 Å². The molecule has 0 aromatic rings. The van der Waals surface area contributed by atoms with E-state index in [1.54, 1.807) is 0 Å². The molecule has 1 aliphatic heterocycles. The maximum Gasteiger partial charge on any atom is 0.325 e. The van der Waals surface area contributed by atoms with Gasteiger partial charge in [0.05, 0.1) is 19.8 Å². The van der Waals surface area contributed by atoms with E-state index in [0.29, 0.717) is 12.1 Å². The lowest BCUT2D eigenvalue weighted by molar-refractivity contribution is -0.149. The van der Waals surface area contributed by atoms with Crippen LogP contribution in [0.2, 0.25) is 0 Å². The van der Waals surface area contributed by atoms with Crippen molar-refractivity contribution >= 4 is 5.97 Å². The molecule has 2 fully saturated rings. The summed E-state index contributed by atoms with van der Waals surface area (Å²) in [6.07, 6.45) is 3.36. The van der Waals surface area contributed by atoms with Crippen molar-refractivity contribution in [3.05, 3.63) is 0 Å². The summed E-state index contributed by atoms with van der Waals surface area (Å²) in [5.74, 6) is -0.155. The highest BCUT2D eigenvalue weighted by molar-refractivity contribution is 5.80. The van der Waals surface area contributed by atoms with Gasteiger partial charge in [0.1, 0.15) is 5.54 Å². The number of rotatable bonds is 6. The summed E-state index contributed by atoms with van der Waals surface area (Å²) in [5, 5.41) is 3.47. The normalized spacial score (nSPS) is 28.7. The van der Waals surface area contributed by atoms with E-state index in [4.69, 9.17) is 9.47 Å². The molecule has 5 heteroatoms. The Morgan fingerprint density at radius 1 is 1.55 bits per heavy atom. The highest BCUT2D eigenvalue weighted by atomic mass is 16.5. The molecule has 3 unspecified atom stereocenters. The molecule has 0 aromatic heterocycles. The van der Waals surface area contributed by atoms with Gasteiger partial charge in [0.2, 0.25) is 0 Å². The highest BCUT2D eigenvalue weighted by Crippen LogP contribution is 2.27. The van der Waals surface area contributed by atoms with E-state index in [1.807, 2.05) is 6.92 Å².